The molecule has 0 unspecified atom stereocenters. The van der Waals surface area contributed by atoms with Crippen LogP contribution in [-0.2, 0) is 11.3 Å². The van der Waals surface area contributed by atoms with Gasteiger partial charge in [-0.3, -0.25) is 4.79 Å². The molecule has 172 valence electrons. The maximum absolute atomic E-state index is 13.6. The van der Waals surface area contributed by atoms with Crippen molar-refractivity contribution in [1.29, 1.82) is 0 Å². The van der Waals surface area contributed by atoms with Crippen molar-refractivity contribution in [1.82, 2.24) is 15.2 Å². The number of hydrogen-bond acceptors (Lipinski definition) is 6. The molecule has 0 saturated carbocycles. The Morgan fingerprint density at radius 2 is 2.00 bits per heavy atom. The van der Waals surface area contributed by atoms with Gasteiger partial charge in [0.15, 0.2) is 0 Å². The van der Waals surface area contributed by atoms with Crippen LogP contribution in [0.4, 0.5) is 9.18 Å². The first-order chi connectivity index (χ1) is 15.0. The van der Waals surface area contributed by atoms with Gasteiger partial charge in [0.1, 0.15) is 23.6 Å². The number of aryl methyl sites for hydroxylation is 1. The van der Waals surface area contributed by atoms with Gasteiger partial charge in [-0.15, -0.1) is 0 Å². The number of alkyl halides is 1. The van der Waals surface area contributed by atoms with Crippen LogP contribution < -0.4 is 10.1 Å². The third-order valence-corrected chi connectivity index (χ3v) is 4.64. The molecule has 2 amide bonds. The highest BCUT2D eigenvalue weighted by Gasteiger charge is 2.34. The van der Waals surface area contributed by atoms with Crippen molar-refractivity contribution in [2.75, 3.05) is 13.1 Å². The van der Waals surface area contributed by atoms with E-state index in [1.54, 1.807) is 58.0 Å². The number of ether oxygens (including phenoxy) is 2. The molecule has 1 aliphatic rings. The second-order valence-electron chi connectivity index (χ2n) is 8.73. The number of aromatic nitrogens is 1. The van der Waals surface area contributed by atoms with Crippen LogP contribution in [0.25, 0.3) is 0 Å². The van der Waals surface area contributed by atoms with Gasteiger partial charge in [-0.2, -0.15) is 0 Å². The molecule has 2 heterocycles. The van der Waals surface area contributed by atoms with Gasteiger partial charge in [0.2, 0.25) is 5.88 Å². The van der Waals surface area contributed by atoms with Gasteiger partial charge in [0.05, 0.1) is 6.54 Å². The largest absolute Gasteiger partial charge is 0.444 e. The van der Waals surface area contributed by atoms with E-state index in [9.17, 15) is 19.1 Å². The van der Waals surface area contributed by atoms with Gasteiger partial charge in [-0.05, 0) is 57.5 Å². The Bertz CT molecular complexity index is 982. The number of benzene rings is 1. The first kappa shape index (κ1) is 23.5. The number of carbonyl (C=O) groups excluding carboxylic acids is 2. The number of hydrogen-bond donors (Lipinski definition) is 2. The molecule has 3 rings (SSSR count). The molecule has 0 spiro atoms. The van der Waals surface area contributed by atoms with Crippen LogP contribution in [-0.4, -0.2) is 58.0 Å². The van der Waals surface area contributed by atoms with E-state index >= 15 is 0 Å². The Kier molecular flexibility index (Phi) is 6.98. The highest BCUT2D eigenvalue weighted by atomic mass is 19.1. The fourth-order valence-electron chi connectivity index (χ4n) is 3.26. The van der Waals surface area contributed by atoms with E-state index < -0.39 is 24.0 Å². The average Bonchev–Trinajstić information content (AvgIpc) is 3.03. The van der Waals surface area contributed by atoms with Crippen LogP contribution in [0, 0.1) is 6.92 Å². The summed E-state index contributed by atoms with van der Waals surface area (Å²) in [6.07, 6.45) is -3.13. The lowest BCUT2D eigenvalue weighted by molar-refractivity contribution is 0.0523. The Morgan fingerprint density at radius 3 is 2.66 bits per heavy atom. The Morgan fingerprint density at radius 1 is 1.25 bits per heavy atom. The summed E-state index contributed by atoms with van der Waals surface area (Å²) in [5, 5.41) is 12.3. The second-order valence-corrected chi connectivity index (χ2v) is 8.73. The zero-order valence-electron chi connectivity index (χ0n) is 18.6. The number of β-amino-alcohol motifs (C(OH)–C–C–N with tert-alkyl or cyclic N) is 1. The van der Waals surface area contributed by atoms with Crippen LogP contribution in [0.5, 0.6) is 11.6 Å². The van der Waals surface area contributed by atoms with Crippen LogP contribution in [0.15, 0.2) is 36.4 Å². The van der Waals surface area contributed by atoms with Crippen LogP contribution >= 0.6 is 0 Å². The van der Waals surface area contributed by atoms with Crippen LogP contribution in [0.3, 0.4) is 0 Å². The highest BCUT2D eigenvalue weighted by molar-refractivity contribution is 5.94. The van der Waals surface area contributed by atoms with Gasteiger partial charge in [0.25, 0.3) is 5.91 Å². The fourth-order valence-corrected chi connectivity index (χ4v) is 3.26. The number of rotatable bonds is 5. The van der Waals surface area contributed by atoms with Crippen molar-refractivity contribution in [3.05, 3.63) is 53.2 Å². The smallest absolute Gasteiger partial charge is 0.407 e. The van der Waals surface area contributed by atoms with Gasteiger partial charge < -0.3 is 24.8 Å². The van der Waals surface area contributed by atoms with Crippen molar-refractivity contribution < 1.29 is 28.6 Å². The lowest BCUT2D eigenvalue weighted by Crippen LogP contribution is -2.32. The summed E-state index contributed by atoms with van der Waals surface area (Å²) in [7, 11) is 0. The fraction of sp³-hybridized carbons (Fsp3) is 0.435. The highest BCUT2D eigenvalue weighted by Crippen LogP contribution is 2.24. The van der Waals surface area contributed by atoms with Crippen LogP contribution in [0.1, 0.15) is 42.4 Å². The molecule has 0 radical (unpaired) electrons. The minimum atomic E-state index is -1.44. The molecule has 9 heteroatoms. The topological polar surface area (TPSA) is 101 Å². The first-order valence-electron chi connectivity index (χ1n) is 10.3. The van der Waals surface area contributed by atoms with Crippen molar-refractivity contribution in [2.45, 2.75) is 52.1 Å². The number of pyridine rings is 1. The molecule has 2 atom stereocenters. The molecule has 32 heavy (non-hydrogen) atoms. The Balaban J connectivity index is 1.68. The summed E-state index contributed by atoms with van der Waals surface area (Å²) in [6.45, 7) is 7.21. The first-order valence-corrected chi connectivity index (χ1v) is 10.3. The van der Waals surface area contributed by atoms with E-state index in [-0.39, 0.29) is 25.5 Å². The minimum absolute atomic E-state index is 0.0431. The lowest BCUT2D eigenvalue weighted by atomic mass is 10.2. The Hall–Kier alpha value is -3.20. The van der Waals surface area contributed by atoms with E-state index in [0.29, 0.717) is 22.9 Å². The zero-order valence-corrected chi connectivity index (χ0v) is 18.6. The number of halogens is 1. The SMILES string of the molecule is Cc1cc(CNC(=O)OC(C)(C)C)cc(Oc2cccc(C(=O)N3C[C@H](O)[C@@H](F)C3)c2)n1. The van der Waals surface area contributed by atoms with E-state index in [1.807, 2.05) is 6.07 Å². The third-order valence-electron chi connectivity index (χ3n) is 4.64. The van der Waals surface area contributed by atoms with E-state index in [1.165, 1.54) is 4.90 Å². The Labute approximate surface area is 186 Å². The number of likely N-dealkylation sites (tertiary alicyclic amines) is 1. The van der Waals surface area contributed by atoms with Gasteiger partial charge in [-0.1, -0.05) is 6.07 Å². The molecule has 1 fully saturated rings. The molecular weight excluding hydrogens is 417 g/mol. The second kappa shape index (κ2) is 9.52. The molecule has 2 aromatic rings. The predicted octanol–water partition coefficient (Wildman–Crippen LogP) is 3.36. The summed E-state index contributed by atoms with van der Waals surface area (Å²) in [4.78, 5) is 30.1. The number of aliphatic hydroxyl groups excluding tert-OH is 1. The minimum Gasteiger partial charge on any atom is -0.444 e. The molecule has 0 aliphatic carbocycles. The normalized spacial score (nSPS) is 18.4. The lowest BCUT2D eigenvalue weighted by Gasteiger charge is -2.19. The molecule has 1 saturated heterocycles. The molecule has 8 nitrogen and oxygen atoms in total. The van der Waals surface area contributed by atoms with Crippen molar-refractivity contribution in [3.63, 3.8) is 0 Å². The number of nitrogens with one attached hydrogen (secondary N) is 1. The summed E-state index contributed by atoms with van der Waals surface area (Å²) in [6, 6.07) is 9.98. The summed E-state index contributed by atoms with van der Waals surface area (Å²) < 4.78 is 24.6. The van der Waals surface area contributed by atoms with Gasteiger partial charge >= 0.3 is 6.09 Å². The third kappa shape index (κ3) is 6.40. The number of amides is 2. The monoisotopic (exact) mass is 445 g/mol. The van der Waals surface area contributed by atoms with Gasteiger partial charge in [-0.25, -0.2) is 14.2 Å². The molecule has 1 aliphatic heterocycles. The maximum Gasteiger partial charge on any atom is 0.407 e. The van der Waals surface area contributed by atoms with Crippen molar-refractivity contribution in [2.24, 2.45) is 0 Å². The molecule has 1 aromatic heterocycles. The average molecular weight is 445 g/mol. The van der Waals surface area contributed by atoms with E-state index in [2.05, 4.69) is 10.3 Å². The van der Waals surface area contributed by atoms with Crippen molar-refractivity contribution in [3.8, 4) is 11.6 Å². The molecular formula is C23H28FN3O5. The van der Waals surface area contributed by atoms with Crippen molar-refractivity contribution >= 4 is 12.0 Å². The van der Waals surface area contributed by atoms with E-state index in [4.69, 9.17) is 9.47 Å². The summed E-state index contributed by atoms with van der Waals surface area (Å²) >= 11 is 0. The van der Waals surface area contributed by atoms with E-state index in [0.717, 1.165) is 5.56 Å². The molecule has 2 N–H and O–H groups in total. The number of alkyl carbamates (subject to hydrolysis) is 1. The zero-order chi connectivity index (χ0) is 23.5. The standard InChI is InChI=1S/C23H28FN3O5/c1-14-8-15(11-25-22(30)32-23(2,3)4)9-20(26-14)31-17-7-5-6-16(10-17)21(29)27-12-18(24)19(28)13-27/h5-10,18-19,28H,11-13H2,1-4H3,(H,25,30)/t18-,19-/m0/s1. The molecule has 0 bridgehead atoms. The number of carbonyl (C=O) groups is 2. The maximum atomic E-state index is 13.6. The quantitative estimate of drug-likeness (QED) is 0.732. The summed E-state index contributed by atoms with van der Waals surface area (Å²) in [5.41, 5.74) is 1.19. The number of nitrogens with zero attached hydrogens (tertiary/aromatic N) is 2. The van der Waals surface area contributed by atoms with Crippen LogP contribution in [0.2, 0.25) is 0 Å². The van der Waals surface area contributed by atoms with Gasteiger partial charge in [0, 0.05) is 30.4 Å². The number of aliphatic hydroxyl groups is 1. The molecule has 1 aromatic carbocycles. The predicted molar refractivity (Wildman–Crippen MR) is 115 cm³/mol. The summed E-state index contributed by atoms with van der Waals surface area (Å²) in [5.74, 6) is 0.307.